The smallest absolute Gasteiger partial charge is 0.263 e. The summed E-state index contributed by atoms with van der Waals surface area (Å²) < 4.78 is 0. The maximum Gasteiger partial charge on any atom is 0.263 e. The summed E-state index contributed by atoms with van der Waals surface area (Å²) in [7, 11) is 0. The fraction of sp³-hybridized carbons (Fsp3) is 0.385. The van der Waals surface area contributed by atoms with E-state index in [1.807, 2.05) is 31.4 Å². The molecule has 2 aromatic heterocycles. The quantitative estimate of drug-likeness (QED) is 0.911. The third-order valence-electron chi connectivity index (χ3n) is 2.75. The summed E-state index contributed by atoms with van der Waals surface area (Å²) in [5, 5.41) is 15.9. The number of carbonyl (C=O) groups excluding carboxylic acids is 1. The predicted octanol–water partition coefficient (Wildman–Crippen LogP) is 2.46. The van der Waals surface area contributed by atoms with Gasteiger partial charge in [-0.3, -0.25) is 4.79 Å². The third kappa shape index (κ3) is 3.20. The minimum absolute atomic E-state index is 0.181. The molecular weight excluding hydrogens is 280 g/mol. The van der Waals surface area contributed by atoms with Gasteiger partial charge in [-0.15, -0.1) is 22.7 Å². The molecule has 4 nitrogen and oxygen atoms in total. The largest absolute Gasteiger partial charge is 0.383 e. The number of nitrogens with zero attached hydrogens (tertiary/aromatic N) is 1. The van der Waals surface area contributed by atoms with Crippen molar-refractivity contribution in [2.45, 2.75) is 26.4 Å². The number of hydrogen-bond acceptors (Lipinski definition) is 5. The Kier molecular flexibility index (Phi) is 4.03. The highest BCUT2D eigenvalue weighted by molar-refractivity contribution is 7.13. The van der Waals surface area contributed by atoms with Gasteiger partial charge in [0.25, 0.3) is 5.91 Å². The zero-order valence-corrected chi connectivity index (χ0v) is 12.7. The summed E-state index contributed by atoms with van der Waals surface area (Å²) in [6.45, 7) is 5.57. The monoisotopic (exact) mass is 296 g/mol. The van der Waals surface area contributed by atoms with E-state index in [0.717, 1.165) is 15.6 Å². The van der Waals surface area contributed by atoms with Gasteiger partial charge >= 0.3 is 0 Å². The molecule has 1 amide bonds. The molecule has 6 heteroatoms. The van der Waals surface area contributed by atoms with Crippen molar-refractivity contribution in [2.24, 2.45) is 0 Å². The summed E-state index contributed by atoms with van der Waals surface area (Å²) in [5.41, 5.74) is -0.312. The van der Waals surface area contributed by atoms with Gasteiger partial charge in [-0.25, -0.2) is 4.98 Å². The molecule has 0 spiro atoms. The van der Waals surface area contributed by atoms with E-state index >= 15 is 0 Å². The van der Waals surface area contributed by atoms with Crippen molar-refractivity contribution in [1.29, 1.82) is 0 Å². The van der Waals surface area contributed by atoms with Crippen LogP contribution >= 0.6 is 22.7 Å². The molecular formula is C13H16N2O2S2. The highest BCUT2D eigenvalue weighted by Crippen LogP contribution is 2.25. The molecule has 0 aliphatic carbocycles. The van der Waals surface area contributed by atoms with Crippen LogP contribution in [0.4, 0.5) is 0 Å². The number of amides is 1. The van der Waals surface area contributed by atoms with Gasteiger partial charge in [0, 0.05) is 4.88 Å². The molecule has 19 heavy (non-hydrogen) atoms. The Morgan fingerprint density at radius 1 is 1.53 bits per heavy atom. The van der Waals surface area contributed by atoms with Crippen molar-refractivity contribution in [3.05, 3.63) is 38.0 Å². The number of aryl methyl sites for hydroxylation is 2. The van der Waals surface area contributed by atoms with Gasteiger partial charge in [-0.05, 0) is 32.2 Å². The summed E-state index contributed by atoms with van der Waals surface area (Å²) in [6.07, 6.45) is 0. The number of aromatic nitrogens is 1. The second kappa shape index (κ2) is 5.40. The molecule has 0 bridgehead atoms. The second-order valence-electron chi connectivity index (χ2n) is 4.58. The lowest BCUT2D eigenvalue weighted by Crippen LogP contribution is -2.38. The first-order valence-corrected chi connectivity index (χ1v) is 7.58. The fourth-order valence-corrected chi connectivity index (χ4v) is 3.37. The van der Waals surface area contributed by atoms with Crippen LogP contribution in [0.3, 0.4) is 0 Å². The predicted molar refractivity (Wildman–Crippen MR) is 77.8 cm³/mol. The maximum absolute atomic E-state index is 12.0. The second-order valence-corrected chi connectivity index (χ2v) is 6.73. The molecule has 1 atom stereocenters. The highest BCUT2D eigenvalue weighted by atomic mass is 32.1. The SMILES string of the molecule is Cc1nc(C)c(C(=O)NCC(C)(O)c2cccs2)s1. The van der Waals surface area contributed by atoms with E-state index in [1.165, 1.54) is 22.7 Å². The minimum Gasteiger partial charge on any atom is -0.383 e. The molecule has 0 radical (unpaired) electrons. The van der Waals surface area contributed by atoms with E-state index < -0.39 is 5.60 Å². The molecule has 0 aliphatic rings. The van der Waals surface area contributed by atoms with Crippen LogP contribution in [0, 0.1) is 13.8 Å². The molecule has 2 rings (SSSR count). The van der Waals surface area contributed by atoms with Crippen LogP contribution < -0.4 is 5.32 Å². The topological polar surface area (TPSA) is 62.2 Å². The van der Waals surface area contributed by atoms with Gasteiger partial charge in [-0.1, -0.05) is 6.07 Å². The van der Waals surface area contributed by atoms with Gasteiger partial charge in [0.1, 0.15) is 10.5 Å². The Hall–Kier alpha value is -1.24. The molecule has 2 heterocycles. The fourth-order valence-electron chi connectivity index (χ4n) is 1.75. The summed E-state index contributed by atoms with van der Waals surface area (Å²) in [6, 6.07) is 3.74. The van der Waals surface area contributed by atoms with Crippen molar-refractivity contribution >= 4 is 28.6 Å². The molecule has 0 aromatic carbocycles. The highest BCUT2D eigenvalue weighted by Gasteiger charge is 2.25. The summed E-state index contributed by atoms with van der Waals surface area (Å²) in [5.74, 6) is -0.181. The number of aliphatic hydroxyl groups is 1. The Morgan fingerprint density at radius 3 is 2.79 bits per heavy atom. The molecule has 0 saturated carbocycles. The van der Waals surface area contributed by atoms with Crippen molar-refractivity contribution < 1.29 is 9.90 Å². The van der Waals surface area contributed by atoms with Crippen LogP contribution in [0.25, 0.3) is 0 Å². The lowest BCUT2D eigenvalue weighted by molar-refractivity contribution is 0.0557. The van der Waals surface area contributed by atoms with Crippen LogP contribution in [0.15, 0.2) is 17.5 Å². The van der Waals surface area contributed by atoms with Crippen LogP contribution in [0.5, 0.6) is 0 Å². The van der Waals surface area contributed by atoms with Gasteiger partial charge < -0.3 is 10.4 Å². The average molecular weight is 296 g/mol. The van der Waals surface area contributed by atoms with Crippen LogP contribution in [-0.2, 0) is 5.60 Å². The first-order valence-electron chi connectivity index (χ1n) is 5.89. The molecule has 1 unspecified atom stereocenters. The Morgan fingerprint density at radius 2 is 2.26 bits per heavy atom. The van der Waals surface area contributed by atoms with E-state index in [1.54, 1.807) is 6.92 Å². The van der Waals surface area contributed by atoms with Crippen molar-refractivity contribution in [3.63, 3.8) is 0 Å². The number of nitrogens with one attached hydrogen (secondary N) is 1. The molecule has 0 saturated heterocycles. The van der Waals surface area contributed by atoms with Gasteiger partial charge in [-0.2, -0.15) is 0 Å². The van der Waals surface area contributed by atoms with E-state index in [-0.39, 0.29) is 12.5 Å². The molecule has 0 fully saturated rings. The summed E-state index contributed by atoms with van der Waals surface area (Å²) in [4.78, 5) is 17.7. The van der Waals surface area contributed by atoms with Crippen LogP contribution in [0.2, 0.25) is 0 Å². The van der Waals surface area contributed by atoms with E-state index in [9.17, 15) is 9.90 Å². The van der Waals surface area contributed by atoms with Crippen LogP contribution in [0.1, 0.15) is 32.2 Å². The third-order valence-corrected chi connectivity index (χ3v) is 4.95. The van der Waals surface area contributed by atoms with Crippen molar-refractivity contribution in [2.75, 3.05) is 6.54 Å². The Balaban J connectivity index is 2.03. The van der Waals surface area contributed by atoms with Crippen molar-refractivity contribution in [1.82, 2.24) is 10.3 Å². The van der Waals surface area contributed by atoms with Gasteiger partial charge in [0.05, 0.1) is 17.2 Å². The van der Waals surface area contributed by atoms with Gasteiger partial charge in [0.2, 0.25) is 0 Å². The number of rotatable bonds is 4. The number of thiazole rings is 1. The van der Waals surface area contributed by atoms with E-state index in [2.05, 4.69) is 10.3 Å². The van der Waals surface area contributed by atoms with Crippen LogP contribution in [-0.4, -0.2) is 22.5 Å². The standard InChI is InChI=1S/C13H16N2O2S2/c1-8-11(19-9(2)15-8)12(16)14-7-13(3,17)10-5-4-6-18-10/h4-6,17H,7H2,1-3H3,(H,14,16). The van der Waals surface area contributed by atoms with Gasteiger partial charge in [0.15, 0.2) is 0 Å². The van der Waals surface area contributed by atoms with E-state index in [0.29, 0.717) is 4.88 Å². The number of thiophene rings is 1. The Labute approximate surface area is 120 Å². The maximum atomic E-state index is 12.0. The molecule has 0 aliphatic heterocycles. The molecule has 2 N–H and O–H groups in total. The first-order chi connectivity index (χ1) is 8.90. The first kappa shape index (κ1) is 14.2. The summed E-state index contributed by atoms with van der Waals surface area (Å²) >= 11 is 2.84. The zero-order chi connectivity index (χ0) is 14.0. The average Bonchev–Trinajstić information content (AvgIpc) is 2.96. The molecule has 2 aromatic rings. The lowest BCUT2D eigenvalue weighted by Gasteiger charge is -2.22. The number of carbonyl (C=O) groups is 1. The van der Waals surface area contributed by atoms with Crippen molar-refractivity contribution in [3.8, 4) is 0 Å². The van der Waals surface area contributed by atoms with E-state index in [4.69, 9.17) is 0 Å². The normalized spacial score (nSPS) is 14.1. The minimum atomic E-state index is -1.04. The Bertz CT molecular complexity index is 573. The lowest BCUT2D eigenvalue weighted by atomic mass is 10.1. The number of hydrogen-bond donors (Lipinski definition) is 2. The molecule has 102 valence electrons. The zero-order valence-electron chi connectivity index (χ0n) is 11.1.